The SMILES string of the molecule is CC.Cn1c(=O)n(C2CCC(=O)NC2=O)c2cccc(N3CC4(CCN(C(=O)OC(C)(C)C)CC4)C3)c21. The first-order chi connectivity index (χ1) is 17.5. The van der Waals surface area contributed by atoms with Gasteiger partial charge in [-0.1, -0.05) is 19.9 Å². The zero-order valence-corrected chi connectivity index (χ0v) is 22.8. The lowest BCUT2D eigenvalue weighted by molar-refractivity contribution is -0.135. The first-order valence-corrected chi connectivity index (χ1v) is 13.2. The smallest absolute Gasteiger partial charge is 0.410 e. The van der Waals surface area contributed by atoms with Gasteiger partial charge in [0.2, 0.25) is 11.8 Å². The number of amides is 3. The Labute approximate surface area is 217 Å². The van der Waals surface area contributed by atoms with Crippen LogP contribution in [-0.4, -0.2) is 63.7 Å². The zero-order valence-electron chi connectivity index (χ0n) is 22.8. The fraction of sp³-hybridized carbons (Fsp3) is 0.630. The summed E-state index contributed by atoms with van der Waals surface area (Å²) in [5, 5.41) is 2.36. The van der Waals surface area contributed by atoms with Crippen LogP contribution < -0.4 is 15.9 Å². The average Bonchev–Trinajstić information content (AvgIpc) is 3.08. The van der Waals surface area contributed by atoms with E-state index in [1.807, 2.05) is 52.8 Å². The van der Waals surface area contributed by atoms with Crippen molar-refractivity contribution in [1.82, 2.24) is 19.4 Å². The molecule has 10 nitrogen and oxygen atoms in total. The molecular formula is C27H39N5O5. The van der Waals surface area contributed by atoms with Gasteiger partial charge in [0.25, 0.3) is 0 Å². The number of fused-ring (bicyclic) bond motifs is 1. The number of likely N-dealkylation sites (tertiary alicyclic amines) is 1. The molecule has 0 bridgehead atoms. The molecule has 202 valence electrons. The maximum Gasteiger partial charge on any atom is 0.410 e. The van der Waals surface area contributed by atoms with Crippen LogP contribution in [0.1, 0.15) is 66.3 Å². The first kappa shape index (κ1) is 26.8. The fourth-order valence-electron chi connectivity index (χ4n) is 5.64. The van der Waals surface area contributed by atoms with E-state index in [-0.39, 0.29) is 29.5 Å². The number of para-hydroxylation sites is 1. The average molecular weight is 514 g/mol. The van der Waals surface area contributed by atoms with Gasteiger partial charge in [-0.3, -0.25) is 24.0 Å². The van der Waals surface area contributed by atoms with E-state index < -0.39 is 17.6 Å². The summed E-state index contributed by atoms with van der Waals surface area (Å²) in [5.74, 6) is -0.732. The standard InChI is InChI=1S/C25H33N5O5.C2H6/c1-24(2,3)35-23(34)28-12-10-25(11-13-28)14-29(15-25)16-6-5-7-17-20(16)27(4)22(33)30(17)18-8-9-19(31)26-21(18)32;1-2/h5-7,18H,8-15H2,1-4H3,(H,26,31,32);1-2H3. The maximum atomic E-state index is 13.2. The third-order valence-electron chi connectivity index (χ3n) is 7.47. The molecule has 0 aliphatic carbocycles. The van der Waals surface area contributed by atoms with Crippen LogP contribution in [-0.2, 0) is 21.4 Å². The number of nitrogens with one attached hydrogen (secondary N) is 1. The molecule has 1 N–H and O–H groups in total. The van der Waals surface area contributed by atoms with Gasteiger partial charge in [0.15, 0.2) is 0 Å². The summed E-state index contributed by atoms with van der Waals surface area (Å²) < 4.78 is 8.65. The molecule has 4 heterocycles. The number of nitrogens with zero attached hydrogens (tertiary/aromatic N) is 4. The number of carbonyl (C=O) groups is 3. The number of piperidine rings is 2. The second-order valence-corrected chi connectivity index (χ2v) is 11.1. The van der Waals surface area contributed by atoms with Crippen LogP contribution in [0, 0.1) is 5.41 Å². The van der Waals surface area contributed by atoms with Crippen molar-refractivity contribution in [3.63, 3.8) is 0 Å². The van der Waals surface area contributed by atoms with Crippen molar-refractivity contribution < 1.29 is 19.1 Å². The van der Waals surface area contributed by atoms with Crippen molar-refractivity contribution >= 4 is 34.6 Å². The number of carbonyl (C=O) groups excluding carboxylic acids is 3. The number of benzene rings is 1. The van der Waals surface area contributed by atoms with E-state index in [0.29, 0.717) is 25.0 Å². The summed E-state index contributed by atoms with van der Waals surface area (Å²) in [6.45, 7) is 12.7. The Morgan fingerprint density at radius 3 is 2.32 bits per heavy atom. The van der Waals surface area contributed by atoms with Crippen molar-refractivity contribution in [1.29, 1.82) is 0 Å². The molecule has 0 saturated carbocycles. The van der Waals surface area contributed by atoms with Crippen LogP contribution in [0.3, 0.4) is 0 Å². The summed E-state index contributed by atoms with van der Waals surface area (Å²) in [4.78, 5) is 53.8. The molecule has 0 radical (unpaired) electrons. The molecule has 10 heteroatoms. The van der Waals surface area contributed by atoms with E-state index in [0.717, 1.165) is 37.1 Å². The van der Waals surface area contributed by atoms with Crippen molar-refractivity contribution in [2.75, 3.05) is 31.1 Å². The highest BCUT2D eigenvalue weighted by atomic mass is 16.6. The molecule has 1 unspecified atom stereocenters. The Hall–Kier alpha value is -3.30. The van der Waals surface area contributed by atoms with E-state index in [4.69, 9.17) is 4.74 Å². The Kier molecular flexibility index (Phi) is 7.14. The van der Waals surface area contributed by atoms with E-state index in [1.165, 1.54) is 4.57 Å². The molecule has 2 aromatic rings. The third kappa shape index (κ3) is 4.98. The number of imide groups is 1. The Morgan fingerprint density at radius 1 is 1.08 bits per heavy atom. The predicted octanol–water partition coefficient (Wildman–Crippen LogP) is 3.18. The number of hydrogen-bond acceptors (Lipinski definition) is 6. The minimum Gasteiger partial charge on any atom is -0.444 e. The molecule has 37 heavy (non-hydrogen) atoms. The van der Waals surface area contributed by atoms with E-state index in [1.54, 1.807) is 16.5 Å². The van der Waals surface area contributed by atoms with Crippen molar-refractivity contribution in [3.8, 4) is 0 Å². The summed E-state index contributed by atoms with van der Waals surface area (Å²) in [6.07, 6.45) is 2.10. The number of aromatic nitrogens is 2. The highest BCUT2D eigenvalue weighted by Gasteiger charge is 2.46. The molecule has 5 rings (SSSR count). The number of aryl methyl sites for hydroxylation is 1. The van der Waals surface area contributed by atoms with Gasteiger partial charge < -0.3 is 14.5 Å². The van der Waals surface area contributed by atoms with Crippen molar-refractivity contribution in [3.05, 3.63) is 28.7 Å². The highest BCUT2D eigenvalue weighted by Crippen LogP contribution is 2.44. The summed E-state index contributed by atoms with van der Waals surface area (Å²) >= 11 is 0. The van der Waals surface area contributed by atoms with E-state index in [2.05, 4.69) is 10.2 Å². The summed E-state index contributed by atoms with van der Waals surface area (Å²) in [7, 11) is 1.73. The van der Waals surface area contributed by atoms with Gasteiger partial charge in [0, 0.05) is 45.1 Å². The van der Waals surface area contributed by atoms with Crippen LogP contribution in [0.4, 0.5) is 10.5 Å². The molecule has 3 aliphatic rings. The summed E-state index contributed by atoms with van der Waals surface area (Å²) in [5.41, 5.74) is 1.84. The van der Waals surface area contributed by atoms with Gasteiger partial charge >= 0.3 is 11.8 Å². The van der Waals surface area contributed by atoms with Gasteiger partial charge in [-0.05, 0) is 52.2 Å². The second-order valence-electron chi connectivity index (χ2n) is 11.1. The topological polar surface area (TPSA) is 106 Å². The quantitative estimate of drug-likeness (QED) is 0.619. The second kappa shape index (κ2) is 9.87. The molecule has 3 aliphatic heterocycles. The number of hydrogen-bond donors (Lipinski definition) is 1. The molecule has 1 aromatic heterocycles. The lowest BCUT2D eigenvalue weighted by Gasteiger charge is -2.55. The fourth-order valence-corrected chi connectivity index (χ4v) is 5.64. The number of rotatable bonds is 2. The van der Waals surface area contributed by atoms with Gasteiger partial charge in [-0.2, -0.15) is 0 Å². The van der Waals surface area contributed by atoms with E-state index in [9.17, 15) is 19.2 Å². The van der Waals surface area contributed by atoms with E-state index >= 15 is 0 Å². The summed E-state index contributed by atoms with van der Waals surface area (Å²) in [6, 6.07) is 5.09. The minimum atomic E-state index is -0.695. The lowest BCUT2D eigenvalue weighted by Crippen LogP contribution is -2.61. The van der Waals surface area contributed by atoms with Gasteiger partial charge in [-0.25, -0.2) is 9.59 Å². The third-order valence-corrected chi connectivity index (χ3v) is 7.47. The van der Waals surface area contributed by atoms with Crippen LogP contribution in [0.2, 0.25) is 0 Å². The molecule has 3 amide bonds. The predicted molar refractivity (Wildman–Crippen MR) is 142 cm³/mol. The van der Waals surface area contributed by atoms with Crippen LogP contribution >= 0.6 is 0 Å². The van der Waals surface area contributed by atoms with Gasteiger partial charge in [0.1, 0.15) is 11.6 Å². The minimum absolute atomic E-state index is 0.145. The molecule has 1 aromatic carbocycles. The Bertz CT molecular complexity index is 1250. The largest absolute Gasteiger partial charge is 0.444 e. The number of imidazole rings is 1. The number of ether oxygens (including phenoxy) is 1. The maximum absolute atomic E-state index is 13.2. The number of anilines is 1. The van der Waals surface area contributed by atoms with Gasteiger partial charge in [0.05, 0.1) is 16.7 Å². The molecular weight excluding hydrogens is 474 g/mol. The van der Waals surface area contributed by atoms with Crippen molar-refractivity contribution in [2.24, 2.45) is 12.5 Å². The van der Waals surface area contributed by atoms with Crippen molar-refractivity contribution in [2.45, 2.75) is 71.9 Å². The molecule has 3 fully saturated rings. The molecule has 1 atom stereocenters. The first-order valence-electron chi connectivity index (χ1n) is 13.2. The Morgan fingerprint density at radius 2 is 1.73 bits per heavy atom. The van der Waals surface area contributed by atoms with Crippen LogP contribution in [0.15, 0.2) is 23.0 Å². The zero-order chi connectivity index (χ0) is 27.1. The Balaban J connectivity index is 0.00000156. The van der Waals surface area contributed by atoms with Crippen LogP contribution in [0.5, 0.6) is 0 Å². The molecule has 1 spiro atoms. The normalized spacial score (nSPS) is 21.3. The van der Waals surface area contributed by atoms with Gasteiger partial charge in [-0.15, -0.1) is 0 Å². The highest BCUT2D eigenvalue weighted by molar-refractivity contribution is 6.00. The molecule has 3 saturated heterocycles. The monoisotopic (exact) mass is 513 g/mol. The van der Waals surface area contributed by atoms with Crippen LogP contribution in [0.25, 0.3) is 11.0 Å². The lowest BCUT2D eigenvalue weighted by atomic mass is 9.72.